The average molecular weight is 336 g/mol. The Labute approximate surface area is 143 Å². The maximum absolute atomic E-state index is 12.4. The molecule has 2 fully saturated rings. The Hall–Kier alpha value is -1.44. The Bertz CT molecular complexity index is 570. The average Bonchev–Trinajstić information content (AvgIpc) is 2.92. The van der Waals surface area contributed by atoms with E-state index in [1.165, 1.54) is 0 Å². The molecule has 1 aromatic rings. The Morgan fingerprint density at radius 1 is 1.29 bits per heavy atom. The monoisotopic (exact) mass is 336 g/mol. The standard InChI is InChI=1S/C17H28N4O3/c1-14(2)8-16(22)21-5-7-24-17(12-21)11-20(4-6-23-17)10-15-9-18-13-19(15)3/h9,13-14H,4-8,10-12H2,1-3H3. The van der Waals surface area contributed by atoms with Gasteiger partial charge in [0.05, 0.1) is 38.3 Å². The number of aryl methyl sites for hydroxylation is 1. The number of morpholine rings is 2. The third kappa shape index (κ3) is 3.96. The number of carbonyl (C=O) groups excluding carboxylic acids is 1. The minimum absolute atomic E-state index is 0.194. The SMILES string of the molecule is CC(C)CC(=O)N1CCOC2(CN(Cc3cncn3C)CCO2)C1. The number of nitrogens with zero attached hydrogens (tertiary/aromatic N) is 4. The first-order chi connectivity index (χ1) is 11.5. The van der Waals surface area contributed by atoms with E-state index in [4.69, 9.17) is 9.47 Å². The Morgan fingerprint density at radius 3 is 2.71 bits per heavy atom. The van der Waals surface area contributed by atoms with Gasteiger partial charge in [0.15, 0.2) is 5.79 Å². The van der Waals surface area contributed by atoms with Crippen LogP contribution in [0.15, 0.2) is 12.5 Å². The molecule has 2 saturated heterocycles. The van der Waals surface area contributed by atoms with Crippen molar-refractivity contribution in [2.45, 2.75) is 32.6 Å². The number of hydrogen-bond acceptors (Lipinski definition) is 5. The molecule has 1 amide bonds. The van der Waals surface area contributed by atoms with Crippen LogP contribution in [0.2, 0.25) is 0 Å². The molecule has 0 saturated carbocycles. The molecule has 0 N–H and O–H groups in total. The molecule has 0 bridgehead atoms. The third-order valence-electron chi connectivity index (χ3n) is 4.63. The zero-order valence-electron chi connectivity index (χ0n) is 14.9. The zero-order chi connectivity index (χ0) is 17.2. The van der Waals surface area contributed by atoms with Gasteiger partial charge in [-0.15, -0.1) is 0 Å². The third-order valence-corrected chi connectivity index (χ3v) is 4.63. The van der Waals surface area contributed by atoms with Crippen LogP contribution in [0.1, 0.15) is 26.0 Å². The van der Waals surface area contributed by atoms with Crippen molar-refractivity contribution in [3.05, 3.63) is 18.2 Å². The highest BCUT2D eigenvalue weighted by Gasteiger charge is 2.43. The second kappa shape index (κ2) is 7.21. The van der Waals surface area contributed by atoms with Crippen molar-refractivity contribution in [2.75, 3.05) is 39.4 Å². The summed E-state index contributed by atoms with van der Waals surface area (Å²) in [5.74, 6) is -0.133. The first-order valence-corrected chi connectivity index (χ1v) is 8.71. The molecule has 2 aliphatic heterocycles. The lowest BCUT2D eigenvalue weighted by atomic mass is 10.1. The van der Waals surface area contributed by atoms with E-state index in [9.17, 15) is 4.79 Å². The largest absolute Gasteiger partial charge is 0.346 e. The summed E-state index contributed by atoms with van der Waals surface area (Å²) in [7, 11) is 2.00. The van der Waals surface area contributed by atoms with Gasteiger partial charge in [-0.05, 0) is 5.92 Å². The molecule has 134 valence electrons. The number of carbonyl (C=O) groups is 1. The van der Waals surface area contributed by atoms with E-state index in [-0.39, 0.29) is 5.91 Å². The number of hydrogen-bond donors (Lipinski definition) is 0. The zero-order valence-corrected chi connectivity index (χ0v) is 14.9. The molecule has 24 heavy (non-hydrogen) atoms. The Kier molecular flexibility index (Phi) is 5.22. The molecule has 1 unspecified atom stereocenters. The van der Waals surface area contributed by atoms with Crippen LogP contribution in [0.3, 0.4) is 0 Å². The van der Waals surface area contributed by atoms with E-state index in [0.717, 1.165) is 18.8 Å². The van der Waals surface area contributed by atoms with Crippen LogP contribution < -0.4 is 0 Å². The number of aromatic nitrogens is 2. The van der Waals surface area contributed by atoms with Gasteiger partial charge < -0.3 is 18.9 Å². The summed E-state index contributed by atoms with van der Waals surface area (Å²) >= 11 is 0. The topological polar surface area (TPSA) is 59.8 Å². The summed E-state index contributed by atoms with van der Waals surface area (Å²) in [4.78, 5) is 20.8. The highest BCUT2D eigenvalue weighted by atomic mass is 16.7. The van der Waals surface area contributed by atoms with E-state index in [1.807, 2.05) is 29.0 Å². The van der Waals surface area contributed by atoms with Crippen LogP contribution in [0.4, 0.5) is 0 Å². The minimum Gasteiger partial charge on any atom is -0.346 e. The van der Waals surface area contributed by atoms with E-state index in [2.05, 4.69) is 23.7 Å². The van der Waals surface area contributed by atoms with E-state index < -0.39 is 5.79 Å². The van der Waals surface area contributed by atoms with Crippen molar-refractivity contribution in [2.24, 2.45) is 13.0 Å². The maximum atomic E-state index is 12.4. The predicted molar refractivity (Wildman–Crippen MR) is 89.2 cm³/mol. The fourth-order valence-electron chi connectivity index (χ4n) is 3.36. The minimum atomic E-state index is -0.693. The molecule has 7 nitrogen and oxygen atoms in total. The second-order valence-electron chi connectivity index (χ2n) is 7.23. The summed E-state index contributed by atoms with van der Waals surface area (Å²) in [5.41, 5.74) is 1.16. The quantitative estimate of drug-likeness (QED) is 0.816. The van der Waals surface area contributed by atoms with Crippen molar-refractivity contribution in [1.29, 1.82) is 0 Å². The van der Waals surface area contributed by atoms with Gasteiger partial charge in [-0.1, -0.05) is 13.8 Å². The van der Waals surface area contributed by atoms with Crippen LogP contribution >= 0.6 is 0 Å². The molecule has 0 aliphatic carbocycles. The van der Waals surface area contributed by atoms with Gasteiger partial charge >= 0.3 is 0 Å². The van der Waals surface area contributed by atoms with Crippen molar-refractivity contribution in [3.8, 4) is 0 Å². The van der Waals surface area contributed by atoms with Gasteiger partial charge in [-0.2, -0.15) is 0 Å². The van der Waals surface area contributed by atoms with E-state index in [1.54, 1.807) is 0 Å². The fourth-order valence-corrected chi connectivity index (χ4v) is 3.36. The molecule has 3 rings (SSSR count). The maximum Gasteiger partial charge on any atom is 0.223 e. The van der Waals surface area contributed by atoms with Crippen molar-refractivity contribution in [3.63, 3.8) is 0 Å². The lowest BCUT2D eigenvalue weighted by Crippen LogP contribution is -2.62. The van der Waals surface area contributed by atoms with Crippen molar-refractivity contribution < 1.29 is 14.3 Å². The highest BCUT2D eigenvalue weighted by Crippen LogP contribution is 2.26. The summed E-state index contributed by atoms with van der Waals surface area (Å²) in [6, 6.07) is 0. The molecule has 2 aliphatic rings. The number of rotatable bonds is 4. The van der Waals surface area contributed by atoms with Crippen LogP contribution in [-0.4, -0.2) is 70.4 Å². The first kappa shape index (κ1) is 17.4. The lowest BCUT2D eigenvalue weighted by molar-refractivity contribution is -0.290. The molecular weight excluding hydrogens is 308 g/mol. The molecule has 3 heterocycles. The highest BCUT2D eigenvalue weighted by molar-refractivity contribution is 5.76. The van der Waals surface area contributed by atoms with Gasteiger partial charge in [0.25, 0.3) is 0 Å². The molecule has 0 aromatic carbocycles. The van der Waals surface area contributed by atoms with Gasteiger partial charge in [0.2, 0.25) is 5.91 Å². The van der Waals surface area contributed by atoms with Gasteiger partial charge in [-0.25, -0.2) is 4.98 Å². The van der Waals surface area contributed by atoms with E-state index >= 15 is 0 Å². The van der Waals surface area contributed by atoms with Gasteiger partial charge in [-0.3, -0.25) is 9.69 Å². The van der Waals surface area contributed by atoms with Crippen LogP contribution in [0.25, 0.3) is 0 Å². The summed E-state index contributed by atoms with van der Waals surface area (Å²) in [5, 5.41) is 0. The normalized spacial score (nSPS) is 25.6. The van der Waals surface area contributed by atoms with Gasteiger partial charge in [0.1, 0.15) is 0 Å². The van der Waals surface area contributed by atoms with E-state index in [0.29, 0.717) is 45.2 Å². The van der Waals surface area contributed by atoms with Crippen molar-refractivity contribution >= 4 is 5.91 Å². The smallest absolute Gasteiger partial charge is 0.223 e. The van der Waals surface area contributed by atoms with Crippen LogP contribution in [-0.2, 0) is 27.9 Å². The van der Waals surface area contributed by atoms with Crippen LogP contribution in [0.5, 0.6) is 0 Å². The molecule has 1 spiro atoms. The first-order valence-electron chi connectivity index (χ1n) is 8.71. The summed E-state index contributed by atoms with van der Waals surface area (Å²) < 4.78 is 14.0. The Morgan fingerprint density at radius 2 is 2.04 bits per heavy atom. The number of imidazole rings is 1. The Balaban J connectivity index is 1.63. The molecule has 0 radical (unpaired) electrons. The summed E-state index contributed by atoms with van der Waals surface area (Å²) in [6.45, 7) is 8.79. The van der Waals surface area contributed by atoms with Gasteiger partial charge in [0, 0.05) is 39.3 Å². The molecule has 1 aromatic heterocycles. The predicted octanol–water partition coefficient (Wildman–Crippen LogP) is 0.854. The number of ether oxygens (including phenoxy) is 2. The molecule has 7 heteroatoms. The fraction of sp³-hybridized carbons (Fsp3) is 0.765. The lowest BCUT2D eigenvalue weighted by Gasteiger charge is -2.47. The van der Waals surface area contributed by atoms with Crippen molar-refractivity contribution in [1.82, 2.24) is 19.4 Å². The summed E-state index contributed by atoms with van der Waals surface area (Å²) in [6.07, 6.45) is 4.28. The van der Waals surface area contributed by atoms with Crippen LogP contribution in [0, 0.1) is 5.92 Å². The molecular formula is C17H28N4O3. The number of amides is 1. The second-order valence-corrected chi connectivity index (χ2v) is 7.23. The molecule has 1 atom stereocenters.